The van der Waals surface area contributed by atoms with Crippen molar-refractivity contribution in [3.63, 3.8) is 0 Å². The van der Waals surface area contributed by atoms with E-state index in [0.717, 1.165) is 64.6 Å². The lowest BCUT2D eigenvalue weighted by Crippen LogP contribution is -2.47. The standard InChI is InChI=1S/C25H24BrClN4O/c26-19-11-18-6-5-17-12-20(27)7-8-21(17)23(24(18)30-14-19)25(32)31(22-4-2-10-29-22)15-16-3-1-9-28-13-16/h1,3,7-9,11-14,22-23,29H,2,4-6,10,15H2. The summed E-state index contributed by atoms with van der Waals surface area (Å²) in [5, 5.41) is 4.21. The number of pyridine rings is 2. The molecule has 2 aliphatic rings. The zero-order chi connectivity index (χ0) is 22.1. The molecule has 1 aliphatic carbocycles. The third kappa shape index (κ3) is 4.32. The van der Waals surface area contributed by atoms with Gasteiger partial charge in [-0.2, -0.15) is 0 Å². The fourth-order valence-electron chi connectivity index (χ4n) is 4.82. The number of carbonyl (C=O) groups excluding carboxylic acids is 1. The summed E-state index contributed by atoms with van der Waals surface area (Å²) in [5.41, 5.74) is 5.08. The summed E-state index contributed by atoms with van der Waals surface area (Å²) >= 11 is 9.88. The van der Waals surface area contributed by atoms with E-state index < -0.39 is 5.92 Å². The Morgan fingerprint density at radius 2 is 2.06 bits per heavy atom. The molecule has 0 bridgehead atoms. The molecule has 1 N–H and O–H groups in total. The van der Waals surface area contributed by atoms with Gasteiger partial charge in [-0.25, -0.2) is 0 Å². The van der Waals surface area contributed by atoms with Crippen LogP contribution in [0, 0.1) is 0 Å². The van der Waals surface area contributed by atoms with Crippen LogP contribution < -0.4 is 5.32 Å². The molecule has 1 amide bonds. The molecule has 1 aliphatic heterocycles. The zero-order valence-corrected chi connectivity index (χ0v) is 19.9. The van der Waals surface area contributed by atoms with Crippen molar-refractivity contribution in [2.24, 2.45) is 0 Å². The van der Waals surface area contributed by atoms with E-state index in [0.29, 0.717) is 11.6 Å². The number of halogens is 2. The van der Waals surface area contributed by atoms with Gasteiger partial charge in [0.1, 0.15) is 5.92 Å². The van der Waals surface area contributed by atoms with Crippen molar-refractivity contribution in [1.29, 1.82) is 0 Å². The van der Waals surface area contributed by atoms with Gasteiger partial charge in [-0.15, -0.1) is 0 Å². The minimum absolute atomic E-state index is 0.000563. The van der Waals surface area contributed by atoms with Crippen molar-refractivity contribution < 1.29 is 4.79 Å². The van der Waals surface area contributed by atoms with E-state index in [1.54, 1.807) is 12.4 Å². The average molecular weight is 512 g/mol. The smallest absolute Gasteiger partial charge is 0.237 e. The number of rotatable bonds is 4. The molecule has 2 atom stereocenters. The van der Waals surface area contributed by atoms with Gasteiger partial charge in [0.2, 0.25) is 5.91 Å². The van der Waals surface area contributed by atoms with Gasteiger partial charge in [-0.3, -0.25) is 20.1 Å². The lowest BCUT2D eigenvalue weighted by molar-refractivity contribution is -0.135. The lowest BCUT2D eigenvalue weighted by Gasteiger charge is -2.33. The highest BCUT2D eigenvalue weighted by atomic mass is 79.9. The number of aromatic nitrogens is 2. The van der Waals surface area contributed by atoms with E-state index in [9.17, 15) is 4.79 Å². The number of benzene rings is 1. The molecule has 3 heterocycles. The summed E-state index contributed by atoms with van der Waals surface area (Å²) in [5.74, 6) is -0.401. The van der Waals surface area contributed by atoms with E-state index in [2.05, 4.69) is 32.3 Å². The van der Waals surface area contributed by atoms with Crippen LogP contribution in [0.1, 0.15) is 46.7 Å². The SMILES string of the molecule is O=C(C1c2ccc(Cl)cc2CCc2cc(Br)cnc21)N(Cc1cccnc1)C1CCCN1. The van der Waals surface area contributed by atoms with Crippen molar-refractivity contribution in [3.05, 3.63) is 92.4 Å². The molecule has 0 radical (unpaired) electrons. The molecular weight excluding hydrogens is 488 g/mol. The van der Waals surface area contributed by atoms with Crippen LogP contribution in [0.2, 0.25) is 5.02 Å². The first-order valence-electron chi connectivity index (χ1n) is 11.0. The quantitative estimate of drug-likeness (QED) is 0.543. The van der Waals surface area contributed by atoms with E-state index >= 15 is 0 Å². The van der Waals surface area contributed by atoms with Crippen LogP contribution in [0.5, 0.6) is 0 Å². The van der Waals surface area contributed by atoms with Gasteiger partial charge in [0.25, 0.3) is 0 Å². The Morgan fingerprint density at radius 3 is 2.84 bits per heavy atom. The molecule has 1 saturated heterocycles. The Morgan fingerprint density at radius 1 is 1.19 bits per heavy atom. The fraction of sp³-hybridized carbons (Fsp3) is 0.320. The molecule has 1 fully saturated rings. The second kappa shape index (κ2) is 9.30. The van der Waals surface area contributed by atoms with Gasteiger partial charge in [0.05, 0.1) is 11.9 Å². The number of carbonyl (C=O) groups is 1. The zero-order valence-electron chi connectivity index (χ0n) is 17.6. The molecule has 3 aromatic rings. The van der Waals surface area contributed by atoms with Crippen molar-refractivity contribution in [2.45, 2.75) is 44.3 Å². The molecule has 0 spiro atoms. The molecule has 1 aromatic carbocycles. The van der Waals surface area contributed by atoms with Crippen molar-refractivity contribution >= 4 is 33.4 Å². The molecule has 2 unspecified atom stereocenters. The maximum atomic E-state index is 14.3. The molecule has 0 saturated carbocycles. The van der Waals surface area contributed by atoms with Gasteiger partial charge in [-0.05, 0) is 94.7 Å². The highest BCUT2D eigenvalue weighted by Crippen LogP contribution is 2.37. The summed E-state index contributed by atoms with van der Waals surface area (Å²) in [6.07, 6.45) is 9.03. The predicted octanol–water partition coefficient (Wildman–Crippen LogP) is 4.86. The Kier molecular flexibility index (Phi) is 6.26. The molecule has 7 heteroatoms. The van der Waals surface area contributed by atoms with Crippen LogP contribution in [0.15, 0.2) is 59.5 Å². The Balaban J connectivity index is 1.61. The maximum absolute atomic E-state index is 14.3. The largest absolute Gasteiger partial charge is 0.322 e. The fourth-order valence-corrected chi connectivity index (χ4v) is 5.39. The van der Waals surface area contributed by atoms with E-state index in [4.69, 9.17) is 16.6 Å². The van der Waals surface area contributed by atoms with Crippen LogP contribution in [-0.4, -0.2) is 33.5 Å². The number of aryl methyl sites for hydroxylation is 2. The second-order valence-corrected chi connectivity index (χ2v) is 9.77. The maximum Gasteiger partial charge on any atom is 0.237 e. The summed E-state index contributed by atoms with van der Waals surface area (Å²) in [6, 6.07) is 11.9. The lowest BCUT2D eigenvalue weighted by atomic mass is 9.89. The second-order valence-electron chi connectivity index (χ2n) is 8.41. The molecular formula is C25H24BrClN4O. The Hall–Kier alpha value is -2.28. The minimum Gasteiger partial charge on any atom is -0.322 e. The van der Waals surface area contributed by atoms with Crippen LogP contribution >= 0.6 is 27.5 Å². The monoisotopic (exact) mass is 510 g/mol. The third-order valence-electron chi connectivity index (χ3n) is 6.34. The van der Waals surface area contributed by atoms with Gasteiger partial charge >= 0.3 is 0 Å². The van der Waals surface area contributed by atoms with Gasteiger partial charge < -0.3 is 4.90 Å². The minimum atomic E-state index is -0.466. The normalized spacial score (nSPS) is 19.7. The number of nitrogens with zero attached hydrogens (tertiary/aromatic N) is 3. The highest BCUT2D eigenvalue weighted by Gasteiger charge is 2.37. The predicted molar refractivity (Wildman–Crippen MR) is 128 cm³/mol. The van der Waals surface area contributed by atoms with E-state index in [-0.39, 0.29) is 12.1 Å². The first-order chi connectivity index (χ1) is 15.6. The van der Waals surface area contributed by atoms with Crippen LogP contribution in [-0.2, 0) is 24.2 Å². The number of amides is 1. The van der Waals surface area contributed by atoms with Crippen molar-refractivity contribution in [1.82, 2.24) is 20.2 Å². The Labute approximate surface area is 201 Å². The van der Waals surface area contributed by atoms with Gasteiger partial charge in [-0.1, -0.05) is 23.7 Å². The average Bonchev–Trinajstić information content (AvgIpc) is 3.28. The summed E-state index contributed by atoms with van der Waals surface area (Å²) in [4.78, 5) is 25.3. The van der Waals surface area contributed by atoms with Crippen LogP contribution in [0.25, 0.3) is 0 Å². The number of fused-ring (bicyclic) bond motifs is 2. The molecule has 2 aromatic heterocycles. The van der Waals surface area contributed by atoms with Crippen LogP contribution in [0.3, 0.4) is 0 Å². The number of hydrogen-bond donors (Lipinski definition) is 1. The summed E-state index contributed by atoms with van der Waals surface area (Å²) in [6.45, 7) is 1.43. The number of nitrogens with one attached hydrogen (secondary N) is 1. The van der Waals surface area contributed by atoms with Gasteiger partial charge in [0.15, 0.2) is 0 Å². The molecule has 5 rings (SSSR count). The molecule has 32 heavy (non-hydrogen) atoms. The first kappa shape index (κ1) is 21.6. The molecule has 5 nitrogen and oxygen atoms in total. The molecule has 164 valence electrons. The van der Waals surface area contributed by atoms with Crippen LogP contribution in [0.4, 0.5) is 0 Å². The Bertz CT molecular complexity index is 1080. The van der Waals surface area contributed by atoms with Crippen molar-refractivity contribution in [3.8, 4) is 0 Å². The van der Waals surface area contributed by atoms with E-state index in [1.165, 1.54) is 0 Å². The highest BCUT2D eigenvalue weighted by molar-refractivity contribution is 9.10. The van der Waals surface area contributed by atoms with Gasteiger partial charge in [0, 0.05) is 34.6 Å². The van der Waals surface area contributed by atoms with E-state index in [1.807, 2.05) is 41.4 Å². The number of hydrogen-bond acceptors (Lipinski definition) is 4. The first-order valence-corrected chi connectivity index (χ1v) is 12.1. The summed E-state index contributed by atoms with van der Waals surface area (Å²) < 4.78 is 0.927. The summed E-state index contributed by atoms with van der Waals surface area (Å²) in [7, 11) is 0. The van der Waals surface area contributed by atoms with Crippen molar-refractivity contribution in [2.75, 3.05) is 6.54 Å². The topological polar surface area (TPSA) is 58.1 Å². The third-order valence-corrected chi connectivity index (χ3v) is 7.01.